The molecule has 67 valence electrons. The molecule has 0 fully saturated rings. The smallest absolute Gasteiger partial charge is 0.0651 e. The normalized spacial score (nSPS) is 15.8. The molecule has 1 radical (unpaired) electrons. The third-order valence-corrected chi connectivity index (χ3v) is 2.22. The van der Waals surface area contributed by atoms with E-state index in [1.54, 1.807) is 0 Å². The van der Waals surface area contributed by atoms with Crippen molar-refractivity contribution in [2.75, 3.05) is 0 Å². The Morgan fingerprint density at radius 2 is 1.64 bits per heavy atom. The summed E-state index contributed by atoms with van der Waals surface area (Å²) >= 11 is 0. The summed E-state index contributed by atoms with van der Waals surface area (Å²) in [6, 6.07) is 0. The van der Waals surface area contributed by atoms with E-state index >= 15 is 0 Å². The molecule has 11 heavy (non-hydrogen) atoms. The van der Waals surface area contributed by atoms with Crippen molar-refractivity contribution in [3.8, 4) is 0 Å². The summed E-state index contributed by atoms with van der Waals surface area (Å²) in [5.74, 6) is 2.25. The standard InChI is InChI=1S/C10H21.Al.3H/c1-6-9(4)10(5)7-8(2)3;;;;/h8-10H,5-7H2,1-4H3;;;;. The average molecular weight is 171 g/mol. The molecule has 0 aliphatic rings. The minimum atomic E-state index is 0. The van der Waals surface area contributed by atoms with Crippen molar-refractivity contribution in [2.24, 2.45) is 17.8 Å². The van der Waals surface area contributed by atoms with Crippen molar-refractivity contribution >= 4 is 17.4 Å². The molecule has 0 rings (SSSR count). The lowest BCUT2D eigenvalue weighted by Crippen LogP contribution is -2.09. The van der Waals surface area contributed by atoms with Crippen molar-refractivity contribution in [3.63, 3.8) is 0 Å². The zero-order chi connectivity index (χ0) is 8.15. The van der Waals surface area contributed by atoms with Crippen LogP contribution < -0.4 is 0 Å². The van der Waals surface area contributed by atoms with Crippen LogP contribution in [0.15, 0.2) is 0 Å². The maximum Gasteiger partial charge on any atom is 0.187 e. The molecule has 1 heteroatoms. The quantitative estimate of drug-likeness (QED) is 0.570. The molecule has 2 unspecified atom stereocenters. The summed E-state index contributed by atoms with van der Waals surface area (Å²) in [7, 11) is 0. The van der Waals surface area contributed by atoms with Crippen LogP contribution in [-0.2, 0) is 0 Å². The lowest BCUT2D eigenvalue weighted by atomic mass is 9.87. The predicted molar refractivity (Wildman–Crippen MR) is 57.7 cm³/mol. The van der Waals surface area contributed by atoms with E-state index in [-0.39, 0.29) is 17.4 Å². The van der Waals surface area contributed by atoms with Crippen LogP contribution in [-0.4, -0.2) is 17.4 Å². The molecule has 0 nitrogen and oxygen atoms in total. The summed E-state index contributed by atoms with van der Waals surface area (Å²) in [4.78, 5) is 0. The lowest BCUT2D eigenvalue weighted by Gasteiger charge is -2.19. The second-order valence-corrected chi connectivity index (χ2v) is 3.78. The van der Waals surface area contributed by atoms with E-state index in [2.05, 4.69) is 34.6 Å². The van der Waals surface area contributed by atoms with Gasteiger partial charge in [0.05, 0.1) is 0 Å². The van der Waals surface area contributed by atoms with Crippen LogP contribution in [0.4, 0.5) is 0 Å². The zero-order valence-electron chi connectivity index (χ0n) is 7.85. The monoisotopic (exact) mass is 171 g/mol. The highest BCUT2D eigenvalue weighted by Crippen LogP contribution is 2.21. The van der Waals surface area contributed by atoms with Crippen molar-refractivity contribution in [2.45, 2.75) is 40.5 Å². The molecule has 0 aromatic heterocycles. The van der Waals surface area contributed by atoms with E-state index in [1.807, 2.05) is 0 Å². The summed E-state index contributed by atoms with van der Waals surface area (Å²) in [5.41, 5.74) is 0. The molecule has 2 atom stereocenters. The van der Waals surface area contributed by atoms with Crippen LogP contribution in [0, 0.1) is 24.7 Å². The third-order valence-electron chi connectivity index (χ3n) is 2.22. The first-order valence-corrected chi connectivity index (χ1v) is 4.41. The second kappa shape index (κ2) is 7.20. The zero-order valence-corrected chi connectivity index (χ0v) is 7.85. The van der Waals surface area contributed by atoms with Crippen LogP contribution in [0.5, 0.6) is 0 Å². The molecule has 0 aliphatic heterocycles. The maximum atomic E-state index is 4.15. The molecule has 0 saturated heterocycles. The van der Waals surface area contributed by atoms with Gasteiger partial charge in [0, 0.05) is 0 Å². The highest BCUT2D eigenvalue weighted by molar-refractivity contribution is 5.75. The Labute approximate surface area is 82.9 Å². The number of hydrogen-bond donors (Lipinski definition) is 0. The van der Waals surface area contributed by atoms with Gasteiger partial charge in [-0.1, -0.05) is 34.1 Å². The number of hydrogen-bond acceptors (Lipinski definition) is 0. The van der Waals surface area contributed by atoms with Gasteiger partial charge in [0.25, 0.3) is 0 Å². The van der Waals surface area contributed by atoms with Gasteiger partial charge in [0.2, 0.25) is 0 Å². The van der Waals surface area contributed by atoms with Gasteiger partial charge in [-0.05, 0) is 31.1 Å². The lowest BCUT2D eigenvalue weighted by molar-refractivity contribution is 0.347. The fraction of sp³-hybridized carbons (Fsp3) is 0.900. The van der Waals surface area contributed by atoms with E-state index in [9.17, 15) is 0 Å². The molecule has 0 amide bonds. The molecule has 0 N–H and O–H groups in total. The molecule has 0 aromatic rings. The van der Waals surface area contributed by atoms with Crippen molar-refractivity contribution in [1.29, 1.82) is 0 Å². The Morgan fingerprint density at radius 3 is 1.91 bits per heavy atom. The summed E-state index contributed by atoms with van der Waals surface area (Å²) in [6.07, 6.45) is 2.54. The number of rotatable bonds is 4. The van der Waals surface area contributed by atoms with Gasteiger partial charge in [-0.25, -0.2) is 0 Å². The van der Waals surface area contributed by atoms with Crippen LogP contribution in [0.1, 0.15) is 40.5 Å². The Morgan fingerprint density at radius 1 is 1.18 bits per heavy atom. The Kier molecular flexibility index (Phi) is 9.21. The molecule has 0 spiro atoms. The molecule has 0 bridgehead atoms. The van der Waals surface area contributed by atoms with Crippen LogP contribution in [0.2, 0.25) is 0 Å². The Hall–Kier alpha value is 0.532. The Balaban J connectivity index is 0. The van der Waals surface area contributed by atoms with Gasteiger partial charge in [-0.15, -0.1) is 0 Å². The highest BCUT2D eigenvalue weighted by Gasteiger charge is 2.10. The average Bonchev–Trinajstić information content (AvgIpc) is 1.85. The van der Waals surface area contributed by atoms with Gasteiger partial charge in [0.1, 0.15) is 0 Å². The van der Waals surface area contributed by atoms with E-state index in [0.717, 1.165) is 11.8 Å². The maximum absolute atomic E-state index is 4.15. The van der Waals surface area contributed by atoms with Crippen LogP contribution in [0.3, 0.4) is 0 Å². The fourth-order valence-corrected chi connectivity index (χ4v) is 1.17. The van der Waals surface area contributed by atoms with Gasteiger partial charge in [-0.3, -0.25) is 0 Å². The summed E-state index contributed by atoms with van der Waals surface area (Å²) in [5, 5.41) is 0. The van der Waals surface area contributed by atoms with E-state index in [1.165, 1.54) is 12.8 Å². The van der Waals surface area contributed by atoms with Gasteiger partial charge in [0.15, 0.2) is 17.4 Å². The predicted octanol–water partition coefficient (Wildman–Crippen LogP) is 2.34. The first kappa shape index (κ1) is 14.1. The van der Waals surface area contributed by atoms with E-state index in [4.69, 9.17) is 0 Å². The first-order chi connectivity index (χ1) is 4.57. The van der Waals surface area contributed by atoms with E-state index < -0.39 is 0 Å². The van der Waals surface area contributed by atoms with Crippen molar-refractivity contribution in [3.05, 3.63) is 6.92 Å². The molecular weight excluding hydrogens is 147 g/mol. The molecule has 0 aromatic carbocycles. The third kappa shape index (κ3) is 6.91. The molecule has 0 saturated carbocycles. The largest absolute Gasteiger partial charge is 0.187 e. The topological polar surface area (TPSA) is 0 Å². The second-order valence-electron chi connectivity index (χ2n) is 3.78. The molecular formula is C10H24Al. The highest BCUT2D eigenvalue weighted by atomic mass is 27.0. The van der Waals surface area contributed by atoms with Gasteiger partial charge in [-0.2, -0.15) is 0 Å². The SMILES string of the molecule is [AlH3].[CH2]C(CC(C)C)C(C)CC. The van der Waals surface area contributed by atoms with Crippen LogP contribution in [0.25, 0.3) is 0 Å². The van der Waals surface area contributed by atoms with Gasteiger partial charge >= 0.3 is 0 Å². The first-order valence-electron chi connectivity index (χ1n) is 4.41. The summed E-state index contributed by atoms with van der Waals surface area (Å²) in [6.45, 7) is 13.2. The summed E-state index contributed by atoms with van der Waals surface area (Å²) < 4.78 is 0. The van der Waals surface area contributed by atoms with Crippen molar-refractivity contribution in [1.82, 2.24) is 0 Å². The van der Waals surface area contributed by atoms with Crippen LogP contribution >= 0.6 is 0 Å². The minimum absolute atomic E-state index is 0. The minimum Gasteiger partial charge on any atom is -0.0651 e. The molecule has 0 heterocycles. The van der Waals surface area contributed by atoms with Gasteiger partial charge < -0.3 is 0 Å². The van der Waals surface area contributed by atoms with E-state index in [0.29, 0.717) is 5.92 Å². The fourth-order valence-electron chi connectivity index (χ4n) is 1.17. The Bertz CT molecular complexity index is 78.9. The van der Waals surface area contributed by atoms with Crippen molar-refractivity contribution < 1.29 is 0 Å². The molecule has 0 aliphatic carbocycles.